The molecule has 0 fully saturated rings. The van der Waals surface area contributed by atoms with Crippen LogP contribution in [0.15, 0.2) is 41.8 Å². The summed E-state index contributed by atoms with van der Waals surface area (Å²) in [5.74, 6) is 0.576. The molecule has 0 aliphatic carbocycles. The van der Waals surface area contributed by atoms with Gasteiger partial charge in [0.05, 0.1) is 11.6 Å². The van der Waals surface area contributed by atoms with Gasteiger partial charge in [0, 0.05) is 12.2 Å². The molecule has 30 heavy (non-hydrogen) atoms. The number of aryl methyl sites for hydroxylation is 2. The van der Waals surface area contributed by atoms with Crippen molar-refractivity contribution >= 4 is 22.9 Å². The average Bonchev–Trinajstić information content (AvgIpc) is 3.26. The van der Waals surface area contributed by atoms with E-state index in [0.29, 0.717) is 5.82 Å². The first-order valence-electron chi connectivity index (χ1n) is 10.1. The second kappa shape index (κ2) is 8.62. The van der Waals surface area contributed by atoms with Gasteiger partial charge in [0.2, 0.25) is 0 Å². The van der Waals surface area contributed by atoms with Crippen LogP contribution in [0.4, 0.5) is 0 Å². The van der Waals surface area contributed by atoms with E-state index in [-0.39, 0.29) is 6.61 Å². The van der Waals surface area contributed by atoms with Gasteiger partial charge in [-0.15, -0.1) is 5.10 Å². The number of hydrogen-bond donors (Lipinski definition) is 0. The van der Waals surface area contributed by atoms with E-state index < -0.39 is 0 Å². The Kier molecular flexibility index (Phi) is 5.76. The maximum Gasteiger partial charge on any atom is 0.192 e. The molecule has 3 heterocycles. The lowest BCUT2D eigenvalue weighted by molar-refractivity contribution is 0.126. The summed E-state index contributed by atoms with van der Waals surface area (Å²) in [5.41, 5.74) is 5.15. The molecular weight excluding hydrogens is 378 g/mol. The predicted octanol–water partition coefficient (Wildman–Crippen LogP) is 3.20. The molecule has 0 saturated heterocycles. The Morgan fingerprint density at radius 1 is 1.13 bits per heavy atom. The van der Waals surface area contributed by atoms with Gasteiger partial charge in [-0.1, -0.05) is 35.5 Å². The highest BCUT2D eigenvalue weighted by Crippen LogP contribution is 2.27. The summed E-state index contributed by atoms with van der Waals surface area (Å²) in [7, 11) is 4.19. The summed E-state index contributed by atoms with van der Waals surface area (Å²) in [4.78, 5) is 17.0. The molecule has 0 amide bonds. The van der Waals surface area contributed by atoms with Gasteiger partial charge in [0.25, 0.3) is 0 Å². The van der Waals surface area contributed by atoms with E-state index in [1.165, 1.54) is 11.3 Å². The number of rotatable bonds is 8. The molecule has 156 valence electrons. The molecule has 0 spiro atoms. The lowest BCUT2D eigenvalue weighted by Gasteiger charge is -2.11. The van der Waals surface area contributed by atoms with Crippen molar-refractivity contribution < 1.29 is 4.84 Å². The molecule has 4 aromatic rings. The van der Waals surface area contributed by atoms with E-state index in [2.05, 4.69) is 52.6 Å². The summed E-state index contributed by atoms with van der Waals surface area (Å²) < 4.78 is 4.00. The number of aromatic nitrogens is 5. The monoisotopic (exact) mass is 405 g/mol. The summed E-state index contributed by atoms with van der Waals surface area (Å²) >= 11 is 0. The van der Waals surface area contributed by atoms with Crippen molar-refractivity contribution in [3.63, 3.8) is 0 Å². The van der Waals surface area contributed by atoms with Crippen LogP contribution in [-0.4, -0.2) is 55.9 Å². The minimum atomic E-state index is 0.202. The van der Waals surface area contributed by atoms with Crippen LogP contribution in [0.2, 0.25) is 0 Å². The van der Waals surface area contributed by atoms with Crippen LogP contribution in [0.25, 0.3) is 16.7 Å². The summed E-state index contributed by atoms with van der Waals surface area (Å²) in [5, 5.41) is 9.56. The van der Waals surface area contributed by atoms with Gasteiger partial charge in [-0.05, 0) is 52.0 Å². The molecule has 8 heteroatoms. The second-order valence-electron chi connectivity index (χ2n) is 7.68. The van der Waals surface area contributed by atoms with Crippen LogP contribution in [-0.2, 0) is 18.0 Å². The molecule has 8 nitrogen and oxygen atoms in total. The van der Waals surface area contributed by atoms with Crippen LogP contribution < -0.4 is 0 Å². The molecule has 1 aromatic carbocycles. The highest BCUT2D eigenvalue weighted by atomic mass is 16.6. The SMILES string of the molecule is Cc1c(C)n(CCCN(C)C)c2ncn3nc(CON=Cc4ccccc4)nc3c12. The summed E-state index contributed by atoms with van der Waals surface area (Å²) in [6.07, 6.45) is 4.47. The molecule has 0 N–H and O–H groups in total. The van der Waals surface area contributed by atoms with Gasteiger partial charge in [0.1, 0.15) is 12.0 Å². The summed E-state index contributed by atoms with van der Waals surface area (Å²) in [6.45, 7) is 6.43. The Morgan fingerprint density at radius 3 is 2.70 bits per heavy atom. The molecule has 4 rings (SSSR count). The minimum absolute atomic E-state index is 0.202. The lowest BCUT2D eigenvalue weighted by atomic mass is 10.2. The quantitative estimate of drug-likeness (QED) is 0.332. The van der Waals surface area contributed by atoms with E-state index >= 15 is 0 Å². The third-order valence-corrected chi connectivity index (χ3v) is 5.25. The van der Waals surface area contributed by atoms with Gasteiger partial charge < -0.3 is 14.3 Å². The second-order valence-corrected chi connectivity index (χ2v) is 7.68. The van der Waals surface area contributed by atoms with E-state index in [9.17, 15) is 0 Å². The Morgan fingerprint density at radius 2 is 1.93 bits per heavy atom. The zero-order chi connectivity index (χ0) is 21.1. The third kappa shape index (κ3) is 4.04. The molecular formula is C22H27N7O. The third-order valence-electron chi connectivity index (χ3n) is 5.25. The smallest absolute Gasteiger partial charge is 0.192 e. The number of oxime groups is 1. The fourth-order valence-corrected chi connectivity index (χ4v) is 3.59. The van der Waals surface area contributed by atoms with Crippen LogP contribution >= 0.6 is 0 Å². The molecule has 0 bridgehead atoms. The number of benzene rings is 1. The zero-order valence-corrected chi connectivity index (χ0v) is 17.9. The fourth-order valence-electron chi connectivity index (χ4n) is 3.59. The molecule has 0 saturated carbocycles. The maximum atomic E-state index is 5.40. The molecule has 0 aliphatic heterocycles. The number of fused-ring (bicyclic) bond motifs is 3. The van der Waals surface area contributed by atoms with Gasteiger partial charge in [-0.25, -0.2) is 14.5 Å². The Hall–Kier alpha value is -3.26. The van der Waals surface area contributed by atoms with E-state index in [4.69, 9.17) is 9.82 Å². The topological polar surface area (TPSA) is 72.8 Å². The highest BCUT2D eigenvalue weighted by molar-refractivity contribution is 5.93. The van der Waals surface area contributed by atoms with Crippen molar-refractivity contribution in [1.29, 1.82) is 0 Å². The Labute approximate surface area is 175 Å². The van der Waals surface area contributed by atoms with Gasteiger partial charge >= 0.3 is 0 Å². The van der Waals surface area contributed by atoms with Crippen molar-refractivity contribution in [2.24, 2.45) is 5.16 Å². The predicted molar refractivity (Wildman–Crippen MR) is 118 cm³/mol. The average molecular weight is 406 g/mol. The largest absolute Gasteiger partial charge is 0.387 e. The van der Waals surface area contributed by atoms with E-state index in [0.717, 1.165) is 41.8 Å². The molecule has 0 unspecified atom stereocenters. The first kappa shape index (κ1) is 20.0. The van der Waals surface area contributed by atoms with Crippen molar-refractivity contribution in [2.45, 2.75) is 33.4 Å². The Bertz CT molecular complexity index is 1170. The molecule has 0 radical (unpaired) electrons. The molecule has 0 aliphatic rings. The minimum Gasteiger partial charge on any atom is -0.387 e. The first-order valence-corrected chi connectivity index (χ1v) is 10.1. The van der Waals surface area contributed by atoms with Crippen molar-refractivity contribution in [3.8, 4) is 0 Å². The fraction of sp³-hybridized carbons (Fsp3) is 0.364. The first-order chi connectivity index (χ1) is 14.5. The van der Waals surface area contributed by atoms with Crippen LogP contribution in [0.1, 0.15) is 29.1 Å². The van der Waals surface area contributed by atoms with Crippen LogP contribution in [0.3, 0.4) is 0 Å². The lowest BCUT2D eigenvalue weighted by Crippen LogP contribution is -2.15. The van der Waals surface area contributed by atoms with Crippen molar-refractivity contribution in [1.82, 2.24) is 29.0 Å². The van der Waals surface area contributed by atoms with Gasteiger partial charge in [-0.3, -0.25) is 0 Å². The van der Waals surface area contributed by atoms with Crippen molar-refractivity contribution in [3.05, 3.63) is 59.3 Å². The summed E-state index contributed by atoms with van der Waals surface area (Å²) in [6, 6.07) is 9.81. The number of hydrogen-bond acceptors (Lipinski definition) is 6. The molecule has 3 aromatic heterocycles. The number of nitrogens with zero attached hydrogens (tertiary/aromatic N) is 7. The molecule has 0 atom stereocenters. The van der Waals surface area contributed by atoms with Crippen molar-refractivity contribution in [2.75, 3.05) is 20.6 Å². The van der Waals surface area contributed by atoms with E-state index in [1.807, 2.05) is 30.3 Å². The van der Waals surface area contributed by atoms with Gasteiger partial charge in [-0.2, -0.15) is 0 Å². The maximum absolute atomic E-state index is 5.40. The standard InChI is InChI=1S/C22H27N7O/c1-16-17(2)28(12-8-11-27(3)4)21-20(16)22-25-19(26-29(22)15-23-21)14-30-24-13-18-9-6-5-7-10-18/h5-7,9-10,13,15H,8,11-12,14H2,1-4H3. The zero-order valence-electron chi connectivity index (χ0n) is 17.9. The van der Waals surface area contributed by atoms with Crippen LogP contribution in [0.5, 0.6) is 0 Å². The normalized spacial score (nSPS) is 12.0. The van der Waals surface area contributed by atoms with Gasteiger partial charge in [0.15, 0.2) is 18.1 Å². The van der Waals surface area contributed by atoms with E-state index in [1.54, 1.807) is 17.1 Å². The highest BCUT2D eigenvalue weighted by Gasteiger charge is 2.17. The Balaban J connectivity index is 1.56. The van der Waals surface area contributed by atoms with Crippen LogP contribution in [0, 0.1) is 13.8 Å².